The summed E-state index contributed by atoms with van der Waals surface area (Å²) in [7, 11) is 0. The number of amides is 1. The summed E-state index contributed by atoms with van der Waals surface area (Å²) < 4.78 is 31.9. The molecular formula is C16H20F2N2O3. The molecule has 1 aromatic carbocycles. The third kappa shape index (κ3) is 3.79. The lowest BCUT2D eigenvalue weighted by Gasteiger charge is -2.40. The van der Waals surface area contributed by atoms with Gasteiger partial charge in [-0.25, -0.2) is 8.78 Å². The Morgan fingerprint density at radius 3 is 2.52 bits per heavy atom. The number of aromatic hydroxyl groups is 1. The molecule has 5 nitrogen and oxygen atoms in total. The molecule has 3 rings (SSSR count). The molecule has 1 aromatic rings. The zero-order chi connectivity index (χ0) is 16.4. The van der Waals surface area contributed by atoms with E-state index in [-0.39, 0.29) is 37.1 Å². The minimum absolute atomic E-state index is 0.00937. The number of morpholine rings is 1. The fraction of sp³-hybridized carbons (Fsp3) is 0.562. The number of alkyl halides is 2. The van der Waals surface area contributed by atoms with E-state index in [4.69, 9.17) is 4.74 Å². The Bertz CT molecular complexity index is 555. The fourth-order valence-corrected chi connectivity index (χ4v) is 3.09. The van der Waals surface area contributed by atoms with Gasteiger partial charge in [0, 0.05) is 38.2 Å². The lowest BCUT2D eigenvalue weighted by molar-refractivity contribution is -0.128. The van der Waals surface area contributed by atoms with Crippen molar-refractivity contribution >= 4 is 11.6 Å². The Morgan fingerprint density at radius 1 is 1.22 bits per heavy atom. The summed E-state index contributed by atoms with van der Waals surface area (Å²) in [5.41, 5.74) is 0.684. The van der Waals surface area contributed by atoms with E-state index >= 15 is 0 Å². The molecule has 1 N–H and O–H groups in total. The van der Waals surface area contributed by atoms with Crippen molar-refractivity contribution < 1.29 is 23.4 Å². The van der Waals surface area contributed by atoms with Crippen LogP contribution in [0.1, 0.15) is 12.8 Å². The van der Waals surface area contributed by atoms with Gasteiger partial charge in [0.1, 0.15) is 12.4 Å². The van der Waals surface area contributed by atoms with Gasteiger partial charge in [0.2, 0.25) is 0 Å². The molecule has 2 aliphatic heterocycles. The normalized spacial score (nSPS) is 25.6. The molecule has 1 unspecified atom stereocenters. The van der Waals surface area contributed by atoms with Crippen LogP contribution in [0, 0.1) is 0 Å². The predicted molar refractivity (Wildman–Crippen MR) is 80.8 cm³/mol. The average molecular weight is 326 g/mol. The molecule has 0 radical (unpaired) electrons. The maximum atomic E-state index is 13.3. The number of hydrogen-bond donors (Lipinski definition) is 1. The smallest absolute Gasteiger partial charge is 0.253 e. The van der Waals surface area contributed by atoms with E-state index in [1.807, 2.05) is 4.90 Å². The van der Waals surface area contributed by atoms with Gasteiger partial charge in [-0.05, 0) is 24.3 Å². The number of carbonyl (C=O) groups is 1. The second kappa shape index (κ2) is 6.41. The minimum Gasteiger partial charge on any atom is -0.508 e. The van der Waals surface area contributed by atoms with E-state index in [2.05, 4.69) is 0 Å². The van der Waals surface area contributed by atoms with Crippen molar-refractivity contribution in [2.24, 2.45) is 0 Å². The van der Waals surface area contributed by atoms with Crippen molar-refractivity contribution in [1.82, 2.24) is 4.90 Å². The average Bonchev–Trinajstić information content (AvgIpc) is 2.51. The van der Waals surface area contributed by atoms with Crippen molar-refractivity contribution in [3.05, 3.63) is 24.3 Å². The summed E-state index contributed by atoms with van der Waals surface area (Å²) in [5.74, 6) is -2.61. The molecular weight excluding hydrogens is 306 g/mol. The van der Waals surface area contributed by atoms with Gasteiger partial charge in [-0.2, -0.15) is 0 Å². The maximum absolute atomic E-state index is 13.3. The van der Waals surface area contributed by atoms with Crippen LogP contribution in [-0.2, 0) is 9.53 Å². The van der Waals surface area contributed by atoms with E-state index in [0.29, 0.717) is 31.9 Å². The molecule has 1 atom stereocenters. The first-order chi connectivity index (χ1) is 10.9. The molecule has 0 spiro atoms. The number of anilines is 1. The predicted octanol–water partition coefficient (Wildman–Crippen LogP) is 1.86. The van der Waals surface area contributed by atoms with Crippen molar-refractivity contribution in [3.8, 4) is 5.75 Å². The second-order valence-electron chi connectivity index (χ2n) is 6.11. The number of likely N-dealkylation sites (tertiary alicyclic amines) is 1. The number of carbonyl (C=O) groups excluding carboxylic acids is 1. The highest BCUT2D eigenvalue weighted by Gasteiger charge is 2.37. The molecule has 2 aliphatic rings. The van der Waals surface area contributed by atoms with Crippen molar-refractivity contribution in [2.45, 2.75) is 24.8 Å². The molecule has 7 heteroatoms. The van der Waals surface area contributed by atoms with E-state index < -0.39 is 5.92 Å². The molecule has 23 heavy (non-hydrogen) atoms. The molecule has 0 saturated carbocycles. The molecule has 0 aliphatic carbocycles. The number of phenolic OH excluding ortho intramolecular Hbond substituents is 1. The quantitative estimate of drug-likeness (QED) is 0.921. The van der Waals surface area contributed by atoms with Crippen LogP contribution in [0.4, 0.5) is 14.5 Å². The zero-order valence-corrected chi connectivity index (χ0v) is 12.8. The van der Waals surface area contributed by atoms with Gasteiger partial charge >= 0.3 is 0 Å². The first kappa shape index (κ1) is 16.1. The largest absolute Gasteiger partial charge is 0.508 e. The Morgan fingerprint density at radius 2 is 1.87 bits per heavy atom. The summed E-state index contributed by atoms with van der Waals surface area (Å²) in [5, 5.41) is 9.39. The first-order valence-corrected chi connectivity index (χ1v) is 7.74. The Hall–Kier alpha value is -1.73. The Labute approximate surface area is 133 Å². The van der Waals surface area contributed by atoms with Gasteiger partial charge in [0.15, 0.2) is 0 Å². The summed E-state index contributed by atoms with van der Waals surface area (Å²) in [4.78, 5) is 15.8. The third-order valence-electron chi connectivity index (χ3n) is 4.35. The van der Waals surface area contributed by atoms with Crippen LogP contribution in [0.5, 0.6) is 5.75 Å². The van der Waals surface area contributed by atoms with E-state index in [9.17, 15) is 18.7 Å². The van der Waals surface area contributed by atoms with Crippen LogP contribution in [0.15, 0.2) is 24.3 Å². The van der Waals surface area contributed by atoms with Crippen LogP contribution in [-0.4, -0.2) is 60.7 Å². The molecule has 0 bridgehead atoms. The number of piperidine rings is 1. The number of ether oxygens (including phenoxy) is 1. The topological polar surface area (TPSA) is 53.0 Å². The number of halogens is 2. The number of phenols is 1. The Kier molecular flexibility index (Phi) is 4.50. The molecule has 0 aromatic heterocycles. The Balaban J connectivity index is 1.71. The van der Waals surface area contributed by atoms with Crippen molar-refractivity contribution in [3.63, 3.8) is 0 Å². The minimum atomic E-state index is -2.58. The molecule has 2 heterocycles. The number of rotatable bonds is 3. The van der Waals surface area contributed by atoms with Crippen LogP contribution in [0.2, 0.25) is 0 Å². The van der Waals surface area contributed by atoms with Crippen molar-refractivity contribution in [2.75, 3.05) is 37.7 Å². The summed E-state index contributed by atoms with van der Waals surface area (Å²) in [6.45, 7) is 1.53. The molecule has 2 fully saturated rings. The highest BCUT2D eigenvalue weighted by Crippen LogP contribution is 2.29. The van der Waals surface area contributed by atoms with Crippen LogP contribution < -0.4 is 4.90 Å². The van der Waals surface area contributed by atoms with Gasteiger partial charge < -0.3 is 19.6 Å². The van der Waals surface area contributed by atoms with E-state index in [1.54, 1.807) is 17.0 Å². The number of hydrogen-bond acceptors (Lipinski definition) is 4. The highest BCUT2D eigenvalue weighted by molar-refractivity contribution is 5.95. The standard InChI is InChI=1S/C16H20F2N2O3/c17-16(18)5-7-19(8-6-16)9-13-10-23-11-15(22)20(13)12-1-3-14(21)4-2-12/h1-4,13,21H,5-11H2. The highest BCUT2D eigenvalue weighted by atomic mass is 19.3. The van der Waals surface area contributed by atoms with E-state index in [0.717, 1.165) is 0 Å². The lowest BCUT2D eigenvalue weighted by atomic mass is 10.1. The van der Waals surface area contributed by atoms with Crippen LogP contribution in [0.25, 0.3) is 0 Å². The zero-order valence-electron chi connectivity index (χ0n) is 12.8. The van der Waals surface area contributed by atoms with Gasteiger partial charge in [-0.15, -0.1) is 0 Å². The second-order valence-corrected chi connectivity index (χ2v) is 6.11. The summed E-state index contributed by atoms with van der Waals surface area (Å²) >= 11 is 0. The monoisotopic (exact) mass is 326 g/mol. The van der Waals surface area contributed by atoms with Crippen molar-refractivity contribution in [1.29, 1.82) is 0 Å². The van der Waals surface area contributed by atoms with Crippen LogP contribution >= 0.6 is 0 Å². The molecule has 126 valence electrons. The SMILES string of the molecule is O=C1COCC(CN2CCC(F)(F)CC2)N1c1ccc(O)cc1. The van der Waals surface area contributed by atoms with Gasteiger partial charge in [-0.3, -0.25) is 4.79 Å². The third-order valence-corrected chi connectivity index (χ3v) is 4.35. The molecule has 2 saturated heterocycles. The van der Waals surface area contributed by atoms with E-state index in [1.165, 1.54) is 12.1 Å². The van der Waals surface area contributed by atoms with Gasteiger partial charge in [0.05, 0.1) is 12.6 Å². The van der Waals surface area contributed by atoms with Gasteiger partial charge in [0.25, 0.3) is 11.8 Å². The fourth-order valence-electron chi connectivity index (χ4n) is 3.09. The molecule has 1 amide bonds. The summed E-state index contributed by atoms with van der Waals surface area (Å²) in [6, 6.07) is 6.19. The first-order valence-electron chi connectivity index (χ1n) is 7.74. The lowest BCUT2D eigenvalue weighted by Crippen LogP contribution is -2.55. The summed E-state index contributed by atoms with van der Waals surface area (Å²) in [6.07, 6.45) is -0.290. The number of nitrogens with zero attached hydrogens (tertiary/aromatic N) is 2. The van der Waals surface area contributed by atoms with Crippen LogP contribution in [0.3, 0.4) is 0 Å². The maximum Gasteiger partial charge on any atom is 0.253 e. The number of benzene rings is 1. The van der Waals surface area contributed by atoms with Gasteiger partial charge in [-0.1, -0.05) is 0 Å².